The van der Waals surface area contributed by atoms with Crippen molar-refractivity contribution in [2.24, 2.45) is 0 Å². The highest BCUT2D eigenvalue weighted by Gasteiger charge is 2.29. The summed E-state index contributed by atoms with van der Waals surface area (Å²) in [5.74, 6) is 2.44. The molecule has 2 aromatic heterocycles. The van der Waals surface area contributed by atoms with Crippen LogP contribution in [0.15, 0.2) is 53.1 Å². The number of hydrogen-bond donors (Lipinski definition) is 1. The third-order valence-corrected chi connectivity index (χ3v) is 7.87. The van der Waals surface area contributed by atoms with E-state index in [0.717, 1.165) is 72.0 Å². The predicted molar refractivity (Wildman–Crippen MR) is 155 cm³/mol. The Morgan fingerprint density at radius 2 is 1.82 bits per heavy atom. The number of piperazine rings is 1. The van der Waals surface area contributed by atoms with E-state index in [1.165, 1.54) is 5.56 Å². The lowest BCUT2D eigenvalue weighted by molar-refractivity contribution is -0.121. The molecular formula is C30H35N7O3. The zero-order valence-electron chi connectivity index (χ0n) is 23.3. The number of hydrogen-bond acceptors (Lipinski definition) is 9. The molecule has 1 N–H and O–H groups in total. The number of nitrogens with one attached hydrogen (secondary N) is 1. The molecule has 0 saturated carbocycles. The van der Waals surface area contributed by atoms with E-state index in [1.54, 1.807) is 7.05 Å². The topological polar surface area (TPSA) is 99.9 Å². The number of aromatic nitrogens is 3. The van der Waals surface area contributed by atoms with Crippen LogP contribution >= 0.6 is 0 Å². The van der Waals surface area contributed by atoms with Gasteiger partial charge in [0.1, 0.15) is 11.6 Å². The maximum Gasteiger partial charge on any atom is 0.233 e. The fourth-order valence-electron chi connectivity index (χ4n) is 5.71. The first kappa shape index (κ1) is 26.2. The van der Waals surface area contributed by atoms with E-state index in [2.05, 4.69) is 67.6 Å². The van der Waals surface area contributed by atoms with Crippen molar-refractivity contribution < 1.29 is 14.1 Å². The third kappa shape index (κ3) is 5.12. The van der Waals surface area contributed by atoms with Gasteiger partial charge in [0.15, 0.2) is 0 Å². The quantitative estimate of drug-likeness (QED) is 0.394. The maximum absolute atomic E-state index is 11.9. The van der Waals surface area contributed by atoms with Gasteiger partial charge in [0.2, 0.25) is 11.9 Å². The van der Waals surface area contributed by atoms with Crippen LogP contribution in [-0.2, 0) is 9.53 Å². The zero-order valence-corrected chi connectivity index (χ0v) is 23.3. The van der Waals surface area contributed by atoms with E-state index in [-0.39, 0.29) is 11.9 Å². The number of likely N-dealkylation sites (N-methyl/N-ethyl adjacent to an activating group) is 1. The number of amides is 1. The van der Waals surface area contributed by atoms with Gasteiger partial charge in [0.25, 0.3) is 0 Å². The maximum atomic E-state index is 11.9. The second-order valence-electron chi connectivity index (χ2n) is 10.4. The lowest BCUT2D eigenvalue weighted by Crippen LogP contribution is -2.49. The zero-order chi connectivity index (χ0) is 27.6. The highest BCUT2D eigenvalue weighted by atomic mass is 16.5. The average molecular weight is 542 g/mol. The number of aryl methyl sites for hydroxylation is 2. The Balaban J connectivity index is 1.42. The monoisotopic (exact) mass is 541 g/mol. The molecule has 208 valence electrons. The van der Waals surface area contributed by atoms with Crippen LogP contribution in [0.4, 0.5) is 11.8 Å². The summed E-state index contributed by atoms with van der Waals surface area (Å²) in [6, 6.07) is 16.8. The summed E-state index contributed by atoms with van der Waals surface area (Å²) in [4.78, 5) is 28.9. The molecule has 0 bridgehead atoms. The minimum absolute atomic E-state index is 0.0334. The van der Waals surface area contributed by atoms with E-state index in [1.807, 2.05) is 19.9 Å². The van der Waals surface area contributed by atoms with Crippen LogP contribution < -0.4 is 15.1 Å². The van der Waals surface area contributed by atoms with E-state index >= 15 is 0 Å². The van der Waals surface area contributed by atoms with Crippen LogP contribution in [0.5, 0.6) is 0 Å². The Morgan fingerprint density at radius 3 is 2.55 bits per heavy atom. The number of carbonyl (C=O) groups excluding carboxylic acids is 1. The molecule has 6 rings (SSSR count). The fourth-order valence-corrected chi connectivity index (χ4v) is 5.71. The summed E-state index contributed by atoms with van der Waals surface area (Å²) < 4.78 is 11.4. The van der Waals surface area contributed by atoms with E-state index in [0.29, 0.717) is 25.7 Å². The Labute approximate surface area is 233 Å². The van der Waals surface area contributed by atoms with Crippen LogP contribution in [0.25, 0.3) is 22.0 Å². The molecule has 10 heteroatoms. The Hall–Kier alpha value is -4.02. The summed E-state index contributed by atoms with van der Waals surface area (Å²) in [6.07, 6.45) is 0. The van der Waals surface area contributed by atoms with Crippen molar-refractivity contribution in [3.63, 3.8) is 0 Å². The standard InChI is InChI=1S/C30H35N7O3/c1-20-28(21(2)40-34-20)23-9-10-25-24(17-23)29(37-15-16-39-19-26(37)22-7-5-4-6-8-22)33-30(32-25)36-13-11-35(12-14-36)18-27(38)31-3/h4-10,17,26H,11-16,18-19H2,1-3H3,(H,31,38)/t26-/m1/s1. The van der Waals surface area contributed by atoms with E-state index < -0.39 is 0 Å². The molecular weight excluding hydrogens is 506 g/mol. The van der Waals surface area contributed by atoms with Gasteiger partial charge in [-0.25, -0.2) is 4.98 Å². The number of anilines is 2. The minimum atomic E-state index is 0.0334. The Bertz CT molecular complexity index is 1480. The summed E-state index contributed by atoms with van der Waals surface area (Å²) in [6.45, 7) is 9.32. The van der Waals surface area contributed by atoms with Gasteiger partial charge in [-0.3, -0.25) is 9.69 Å². The molecule has 0 radical (unpaired) electrons. The summed E-state index contributed by atoms with van der Waals surface area (Å²) in [7, 11) is 1.68. The van der Waals surface area contributed by atoms with Gasteiger partial charge in [-0.1, -0.05) is 41.6 Å². The van der Waals surface area contributed by atoms with Crippen LogP contribution in [-0.4, -0.2) is 85.5 Å². The Morgan fingerprint density at radius 1 is 1.02 bits per heavy atom. The molecule has 4 heterocycles. The lowest BCUT2D eigenvalue weighted by atomic mass is 10.0. The third-order valence-electron chi connectivity index (χ3n) is 7.87. The number of ether oxygens (including phenoxy) is 1. The molecule has 2 aromatic carbocycles. The normalized spacial score (nSPS) is 18.3. The number of carbonyl (C=O) groups is 1. The fraction of sp³-hybridized carbons (Fsp3) is 0.400. The summed E-state index contributed by atoms with van der Waals surface area (Å²) in [5, 5.41) is 7.87. The molecule has 10 nitrogen and oxygen atoms in total. The Kier molecular flexibility index (Phi) is 7.36. The first-order valence-electron chi connectivity index (χ1n) is 13.8. The molecule has 2 aliphatic heterocycles. The van der Waals surface area contributed by atoms with Gasteiger partial charge >= 0.3 is 0 Å². The van der Waals surface area contributed by atoms with Crippen molar-refractivity contribution in [1.29, 1.82) is 0 Å². The molecule has 0 spiro atoms. The average Bonchev–Trinajstić information content (AvgIpc) is 3.34. The molecule has 4 aromatic rings. The van der Waals surface area contributed by atoms with Gasteiger partial charge in [-0.15, -0.1) is 0 Å². The van der Waals surface area contributed by atoms with Crippen LogP contribution in [0.3, 0.4) is 0 Å². The number of fused-ring (bicyclic) bond motifs is 1. The molecule has 0 unspecified atom stereocenters. The molecule has 2 aliphatic rings. The highest BCUT2D eigenvalue weighted by Crippen LogP contribution is 2.37. The van der Waals surface area contributed by atoms with Crippen molar-refractivity contribution in [2.45, 2.75) is 19.9 Å². The van der Waals surface area contributed by atoms with E-state index in [9.17, 15) is 4.79 Å². The molecule has 0 aliphatic carbocycles. The van der Waals surface area contributed by atoms with Gasteiger partial charge < -0.3 is 24.4 Å². The van der Waals surface area contributed by atoms with Crippen LogP contribution in [0.2, 0.25) is 0 Å². The molecule has 2 fully saturated rings. The van der Waals surface area contributed by atoms with Crippen LogP contribution in [0, 0.1) is 13.8 Å². The largest absolute Gasteiger partial charge is 0.377 e. The van der Waals surface area contributed by atoms with Crippen molar-refractivity contribution in [2.75, 3.05) is 69.3 Å². The molecule has 2 saturated heterocycles. The SMILES string of the molecule is CNC(=O)CN1CCN(c2nc(N3CCOC[C@@H]3c3ccccc3)c3cc(-c4c(C)noc4C)ccc3n2)CC1. The lowest BCUT2D eigenvalue weighted by Gasteiger charge is -2.38. The first-order chi connectivity index (χ1) is 19.5. The van der Waals surface area contributed by atoms with Gasteiger partial charge in [0.05, 0.1) is 37.0 Å². The van der Waals surface area contributed by atoms with E-state index in [4.69, 9.17) is 19.2 Å². The number of morpholine rings is 1. The second-order valence-corrected chi connectivity index (χ2v) is 10.4. The van der Waals surface area contributed by atoms with Crippen molar-refractivity contribution in [1.82, 2.24) is 25.3 Å². The number of nitrogens with zero attached hydrogens (tertiary/aromatic N) is 6. The second kappa shape index (κ2) is 11.2. The molecule has 1 atom stereocenters. The first-order valence-corrected chi connectivity index (χ1v) is 13.8. The highest BCUT2D eigenvalue weighted by molar-refractivity contribution is 5.94. The minimum Gasteiger partial charge on any atom is -0.377 e. The summed E-state index contributed by atoms with van der Waals surface area (Å²) in [5.41, 5.74) is 4.99. The van der Waals surface area contributed by atoms with Gasteiger partial charge in [-0.2, -0.15) is 4.98 Å². The van der Waals surface area contributed by atoms with Gasteiger partial charge in [0, 0.05) is 50.7 Å². The molecule has 1 amide bonds. The van der Waals surface area contributed by atoms with Crippen LogP contribution in [0.1, 0.15) is 23.1 Å². The number of rotatable bonds is 6. The smallest absolute Gasteiger partial charge is 0.233 e. The molecule has 40 heavy (non-hydrogen) atoms. The van der Waals surface area contributed by atoms with Gasteiger partial charge in [-0.05, 0) is 37.1 Å². The predicted octanol–water partition coefficient (Wildman–Crippen LogP) is 3.35. The summed E-state index contributed by atoms with van der Waals surface area (Å²) >= 11 is 0. The van der Waals surface area contributed by atoms with Crippen molar-refractivity contribution in [3.05, 3.63) is 65.5 Å². The van der Waals surface area contributed by atoms with Crippen molar-refractivity contribution >= 4 is 28.6 Å². The van der Waals surface area contributed by atoms with Crippen molar-refractivity contribution in [3.8, 4) is 11.1 Å². The number of benzene rings is 2.